The number of anilines is 1. The van der Waals surface area contributed by atoms with Crippen LogP contribution in [0, 0.1) is 0 Å². The van der Waals surface area contributed by atoms with Crippen molar-refractivity contribution in [3.8, 4) is 0 Å². The maximum atomic E-state index is 4.48. The van der Waals surface area contributed by atoms with Crippen LogP contribution >= 0.6 is 0 Å². The SMILES string of the molecule is CCNc1nccc([C@H]2CCNC2)n1. The van der Waals surface area contributed by atoms with Crippen molar-refractivity contribution >= 4 is 5.95 Å². The van der Waals surface area contributed by atoms with E-state index in [1.807, 2.05) is 19.2 Å². The Balaban J connectivity index is 2.12. The Morgan fingerprint density at radius 2 is 2.57 bits per heavy atom. The van der Waals surface area contributed by atoms with Crippen LogP contribution in [-0.2, 0) is 0 Å². The average Bonchev–Trinajstić information content (AvgIpc) is 2.71. The number of hydrogen-bond acceptors (Lipinski definition) is 4. The number of nitrogens with one attached hydrogen (secondary N) is 2. The normalized spacial score (nSPS) is 21.1. The largest absolute Gasteiger partial charge is 0.354 e. The van der Waals surface area contributed by atoms with Gasteiger partial charge in [-0.1, -0.05) is 0 Å². The maximum Gasteiger partial charge on any atom is 0.222 e. The van der Waals surface area contributed by atoms with E-state index in [9.17, 15) is 0 Å². The van der Waals surface area contributed by atoms with Gasteiger partial charge in [0.05, 0.1) is 5.69 Å². The van der Waals surface area contributed by atoms with Crippen molar-refractivity contribution < 1.29 is 0 Å². The zero-order chi connectivity index (χ0) is 9.80. The van der Waals surface area contributed by atoms with Gasteiger partial charge in [0.2, 0.25) is 5.95 Å². The van der Waals surface area contributed by atoms with Crippen molar-refractivity contribution in [1.29, 1.82) is 0 Å². The smallest absolute Gasteiger partial charge is 0.222 e. The molecule has 2 rings (SSSR count). The third kappa shape index (κ3) is 2.01. The van der Waals surface area contributed by atoms with E-state index in [0.717, 1.165) is 31.3 Å². The highest BCUT2D eigenvalue weighted by Crippen LogP contribution is 2.20. The molecule has 0 saturated carbocycles. The molecule has 0 bridgehead atoms. The average molecular weight is 192 g/mol. The van der Waals surface area contributed by atoms with E-state index >= 15 is 0 Å². The standard InChI is InChI=1S/C10H16N4/c1-2-12-10-13-6-4-9(14-10)8-3-5-11-7-8/h4,6,8,11H,2-3,5,7H2,1H3,(H,12,13,14)/t8-/m0/s1. The van der Waals surface area contributed by atoms with Gasteiger partial charge in [-0.3, -0.25) is 0 Å². The molecule has 1 aromatic rings. The molecular weight excluding hydrogens is 176 g/mol. The number of aromatic nitrogens is 2. The zero-order valence-electron chi connectivity index (χ0n) is 8.45. The first kappa shape index (κ1) is 9.40. The first-order valence-corrected chi connectivity index (χ1v) is 5.17. The van der Waals surface area contributed by atoms with Crippen LogP contribution in [0.25, 0.3) is 0 Å². The first-order chi connectivity index (χ1) is 6.90. The summed E-state index contributed by atoms with van der Waals surface area (Å²) in [5.41, 5.74) is 1.15. The van der Waals surface area contributed by atoms with Crippen LogP contribution in [0.5, 0.6) is 0 Å². The summed E-state index contributed by atoms with van der Waals surface area (Å²) in [7, 11) is 0. The summed E-state index contributed by atoms with van der Waals surface area (Å²) >= 11 is 0. The van der Waals surface area contributed by atoms with E-state index in [-0.39, 0.29) is 0 Å². The van der Waals surface area contributed by atoms with Crippen molar-refractivity contribution in [1.82, 2.24) is 15.3 Å². The fourth-order valence-corrected chi connectivity index (χ4v) is 1.75. The molecule has 0 amide bonds. The van der Waals surface area contributed by atoms with Crippen LogP contribution in [0.4, 0.5) is 5.95 Å². The highest BCUT2D eigenvalue weighted by atomic mass is 15.1. The van der Waals surface area contributed by atoms with Crippen LogP contribution < -0.4 is 10.6 Å². The van der Waals surface area contributed by atoms with Gasteiger partial charge in [-0.15, -0.1) is 0 Å². The van der Waals surface area contributed by atoms with Crippen LogP contribution in [-0.4, -0.2) is 29.6 Å². The third-order valence-electron chi connectivity index (χ3n) is 2.49. The fraction of sp³-hybridized carbons (Fsp3) is 0.600. The molecule has 4 heteroatoms. The number of rotatable bonds is 3. The number of hydrogen-bond donors (Lipinski definition) is 2. The maximum absolute atomic E-state index is 4.48. The Labute approximate surface area is 84.2 Å². The van der Waals surface area contributed by atoms with Gasteiger partial charge in [0.1, 0.15) is 0 Å². The van der Waals surface area contributed by atoms with Crippen molar-refractivity contribution in [3.05, 3.63) is 18.0 Å². The predicted molar refractivity (Wildman–Crippen MR) is 56.4 cm³/mol. The molecule has 4 nitrogen and oxygen atoms in total. The Morgan fingerprint density at radius 3 is 3.29 bits per heavy atom. The molecular formula is C10H16N4. The molecule has 1 atom stereocenters. The molecule has 1 aliphatic heterocycles. The minimum Gasteiger partial charge on any atom is -0.354 e. The second-order valence-electron chi connectivity index (χ2n) is 3.53. The third-order valence-corrected chi connectivity index (χ3v) is 2.49. The first-order valence-electron chi connectivity index (χ1n) is 5.17. The van der Waals surface area contributed by atoms with E-state index in [1.165, 1.54) is 6.42 Å². The van der Waals surface area contributed by atoms with Gasteiger partial charge in [-0.25, -0.2) is 9.97 Å². The molecule has 0 aliphatic carbocycles. The molecule has 1 saturated heterocycles. The summed E-state index contributed by atoms with van der Waals surface area (Å²) in [5, 5.41) is 6.47. The van der Waals surface area contributed by atoms with E-state index in [2.05, 4.69) is 20.6 Å². The minimum atomic E-state index is 0.565. The second kappa shape index (κ2) is 4.37. The highest BCUT2D eigenvalue weighted by Gasteiger charge is 2.17. The second-order valence-corrected chi connectivity index (χ2v) is 3.53. The molecule has 2 heterocycles. The molecule has 0 radical (unpaired) electrons. The van der Waals surface area contributed by atoms with Crippen molar-refractivity contribution in [2.24, 2.45) is 0 Å². The lowest BCUT2D eigenvalue weighted by molar-refractivity contribution is 0.731. The van der Waals surface area contributed by atoms with Crippen LogP contribution in [0.15, 0.2) is 12.3 Å². The van der Waals surface area contributed by atoms with Gasteiger partial charge in [0.25, 0.3) is 0 Å². The van der Waals surface area contributed by atoms with Crippen LogP contribution in [0.2, 0.25) is 0 Å². The van der Waals surface area contributed by atoms with Crippen LogP contribution in [0.1, 0.15) is 25.0 Å². The summed E-state index contributed by atoms with van der Waals surface area (Å²) in [6.07, 6.45) is 3.02. The highest BCUT2D eigenvalue weighted by molar-refractivity contribution is 5.26. The van der Waals surface area contributed by atoms with Gasteiger partial charge in [0, 0.05) is 25.2 Å². The molecule has 76 valence electrons. The summed E-state index contributed by atoms with van der Waals surface area (Å²) in [5.74, 6) is 1.31. The lowest BCUT2D eigenvalue weighted by Gasteiger charge is -2.08. The topological polar surface area (TPSA) is 49.8 Å². The lowest BCUT2D eigenvalue weighted by Crippen LogP contribution is -2.10. The summed E-state index contributed by atoms with van der Waals surface area (Å²) in [6, 6.07) is 2.01. The van der Waals surface area contributed by atoms with Crippen molar-refractivity contribution in [3.63, 3.8) is 0 Å². The van der Waals surface area contributed by atoms with Crippen molar-refractivity contribution in [2.75, 3.05) is 25.0 Å². The zero-order valence-corrected chi connectivity index (χ0v) is 8.45. The van der Waals surface area contributed by atoms with E-state index in [4.69, 9.17) is 0 Å². The quantitative estimate of drug-likeness (QED) is 0.749. The molecule has 14 heavy (non-hydrogen) atoms. The van der Waals surface area contributed by atoms with Crippen LogP contribution in [0.3, 0.4) is 0 Å². The molecule has 0 aromatic carbocycles. The Kier molecular flexibility index (Phi) is 2.93. The molecule has 1 aromatic heterocycles. The molecule has 1 fully saturated rings. The summed E-state index contributed by atoms with van der Waals surface area (Å²) < 4.78 is 0. The van der Waals surface area contributed by atoms with Gasteiger partial charge < -0.3 is 10.6 Å². The Hall–Kier alpha value is -1.16. The predicted octanol–water partition coefficient (Wildman–Crippen LogP) is 0.985. The molecule has 1 aliphatic rings. The molecule has 2 N–H and O–H groups in total. The van der Waals surface area contributed by atoms with Gasteiger partial charge >= 0.3 is 0 Å². The van der Waals surface area contributed by atoms with Gasteiger partial charge in [-0.05, 0) is 26.0 Å². The number of nitrogens with zero attached hydrogens (tertiary/aromatic N) is 2. The van der Waals surface area contributed by atoms with E-state index in [1.54, 1.807) is 0 Å². The Bertz CT molecular complexity index is 294. The van der Waals surface area contributed by atoms with Gasteiger partial charge in [-0.2, -0.15) is 0 Å². The van der Waals surface area contributed by atoms with E-state index in [0.29, 0.717) is 5.92 Å². The molecule has 0 unspecified atom stereocenters. The minimum absolute atomic E-state index is 0.565. The van der Waals surface area contributed by atoms with Gasteiger partial charge in [0.15, 0.2) is 0 Å². The fourth-order valence-electron chi connectivity index (χ4n) is 1.75. The summed E-state index contributed by atoms with van der Waals surface area (Å²) in [4.78, 5) is 8.64. The molecule has 0 spiro atoms. The lowest BCUT2D eigenvalue weighted by atomic mass is 10.1. The van der Waals surface area contributed by atoms with E-state index < -0.39 is 0 Å². The summed E-state index contributed by atoms with van der Waals surface area (Å²) in [6.45, 7) is 5.06. The monoisotopic (exact) mass is 192 g/mol. The Morgan fingerprint density at radius 1 is 1.64 bits per heavy atom. The van der Waals surface area contributed by atoms with Crippen molar-refractivity contribution in [2.45, 2.75) is 19.3 Å².